The van der Waals surface area contributed by atoms with Gasteiger partial charge >= 0.3 is 0 Å². The van der Waals surface area contributed by atoms with Gasteiger partial charge < -0.3 is 4.98 Å². The number of rotatable bonds is 1. The van der Waals surface area contributed by atoms with Crippen LogP contribution in [0, 0.1) is 5.95 Å². The Labute approximate surface area is 115 Å². The summed E-state index contributed by atoms with van der Waals surface area (Å²) in [5.74, 6) is -0.352. The number of nitrogens with one attached hydrogen (secondary N) is 1. The van der Waals surface area contributed by atoms with Crippen molar-refractivity contribution in [1.29, 1.82) is 0 Å². The third kappa shape index (κ3) is 1.58. The molecule has 1 aliphatic rings. The Morgan fingerprint density at radius 3 is 3.15 bits per heavy atom. The molecule has 1 atom stereocenters. The molecule has 4 rings (SSSR count). The van der Waals surface area contributed by atoms with E-state index in [4.69, 9.17) is 0 Å². The highest BCUT2D eigenvalue weighted by Gasteiger charge is 2.30. The average Bonchev–Trinajstić information content (AvgIpc) is 3.05. The Hall–Kier alpha value is -2.21. The van der Waals surface area contributed by atoms with Gasteiger partial charge in [-0.3, -0.25) is 4.90 Å². The van der Waals surface area contributed by atoms with Crippen LogP contribution in [0.4, 0.5) is 4.39 Å². The number of nitrogens with zero attached hydrogens (tertiary/aromatic N) is 4. The molecule has 0 saturated carbocycles. The first-order valence-electron chi connectivity index (χ1n) is 6.60. The molecule has 1 N–H and O–H groups in total. The van der Waals surface area contributed by atoms with Crippen LogP contribution in [0.3, 0.4) is 0 Å². The van der Waals surface area contributed by atoms with Crippen LogP contribution in [0.25, 0.3) is 5.52 Å². The SMILES string of the molecule is CN1CCc2[nH]cnc2C1c1cc2cccc(F)n2n1. The molecule has 4 heterocycles. The largest absolute Gasteiger partial charge is 0.348 e. The molecule has 3 aromatic rings. The molecule has 0 spiro atoms. The minimum atomic E-state index is -0.352. The number of halogens is 1. The molecule has 0 fully saturated rings. The third-order valence-electron chi connectivity index (χ3n) is 3.90. The number of aromatic amines is 1. The highest BCUT2D eigenvalue weighted by molar-refractivity contribution is 5.49. The summed E-state index contributed by atoms with van der Waals surface area (Å²) in [7, 11) is 2.04. The molecule has 1 unspecified atom stereocenters. The van der Waals surface area contributed by atoms with Crippen LogP contribution in [0.1, 0.15) is 23.1 Å². The first kappa shape index (κ1) is 11.6. The van der Waals surface area contributed by atoms with Crippen molar-refractivity contribution in [2.24, 2.45) is 0 Å². The van der Waals surface area contributed by atoms with E-state index in [0.717, 1.165) is 35.6 Å². The van der Waals surface area contributed by atoms with E-state index in [-0.39, 0.29) is 12.0 Å². The number of imidazole rings is 1. The highest BCUT2D eigenvalue weighted by atomic mass is 19.1. The zero-order chi connectivity index (χ0) is 13.7. The van der Waals surface area contributed by atoms with Gasteiger partial charge in [-0.1, -0.05) is 6.07 Å². The van der Waals surface area contributed by atoms with E-state index in [2.05, 4.69) is 20.0 Å². The van der Waals surface area contributed by atoms with Crippen LogP contribution in [-0.4, -0.2) is 38.1 Å². The predicted molar refractivity (Wildman–Crippen MR) is 71.9 cm³/mol. The Bertz CT molecular complexity index is 775. The van der Waals surface area contributed by atoms with Crippen LogP contribution in [0.2, 0.25) is 0 Å². The van der Waals surface area contributed by atoms with Crippen molar-refractivity contribution in [3.8, 4) is 0 Å². The van der Waals surface area contributed by atoms with Gasteiger partial charge in [-0.05, 0) is 25.2 Å². The van der Waals surface area contributed by atoms with Crippen LogP contribution < -0.4 is 0 Å². The Morgan fingerprint density at radius 2 is 2.30 bits per heavy atom. The minimum absolute atomic E-state index is 0.0238. The maximum Gasteiger partial charge on any atom is 0.214 e. The lowest BCUT2D eigenvalue weighted by Gasteiger charge is -2.30. The van der Waals surface area contributed by atoms with Crippen molar-refractivity contribution in [3.63, 3.8) is 0 Å². The monoisotopic (exact) mass is 271 g/mol. The molecule has 102 valence electrons. The van der Waals surface area contributed by atoms with Crippen molar-refractivity contribution in [3.05, 3.63) is 53.6 Å². The minimum Gasteiger partial charge on any atom is -0.348 e. The van der Waals surface area contributed by atoms with E-state index < -0.39 is 0 Å². The molecule has 0 bridgehead atoms. The molecule has 0 aliphatic carbocycles. The summed E-state index contributed by atoms with van der Waals surface area (Å²) >= 11 is 0. The van der Waals surface area contributed by atoms with Crippen LogP contribution in [-0.2, 0) is 6.42 Å². The standard InChI is InChI=1S/C14H14FN5/c1-19-6-5-10-13(17-8-16-10)14(19)11-7-9-3-2-4-12(15)20(9)18-11/h2-4,7-8,14H,5-6H2,1H3,(H,16,17). The lowest BCUT2D eigenvalue weighted by molar-refractivity contribution is 0.254. The molecule has 3 aromatic heterocycles. The lowest BCUT2D eigenvalue weighted by Crippen LogP contribution is -2.33. The fourth-order valence-corrected chi connectivity index (χ4v) is 2.89. The molecule has 1 aliphatic heterocycles. The second-order valence-electron chi connectivity index (χ2n) is 5.15. The quantitative estimate of drug-likeness (QED) is 0.686. The number of H-pyrrole nitrogens is 1. The molecule has 0 saturated heterocycles. The van der Waals surface area contributed by atoms with Crippen molar-refractivity contribution < 1.29 is 4.39 Å². The van der Waals surface area contributed by atoms with Gasteiger partial charge in [0.1, 0.15) is 0 Å². The van der Waals surface area contributed by atoms with E-state index in [9.17, 15) is 4.39 Å². The predicted octanol–water partition coefficient (Wildman–Crippen LogP) is 1.77. The first-order valence-corrected chi connectivity index (χ1v) is 6.60. The Morgan fingerprint density at radius 1 is 1.40 bits per heavy atom. The number of aromatic nitrogens is 4. The van der Waals surface area contributed by atoms with Gasteiger partial charge in [0.05, 0.1) is 29.3 Å². The van der Waals surface area contributed by atoms with Crippen LogP contribution in [0.5, 0.6) is 0 Å². The topological polar surface area (TPSA) is 49.2 Å². The van der Waals surface area contributed by atoms with E-state index in [1.54, 1.807) is 12.4 Å². The zero-order valence-electron chi connectivity index (χ0n) is 11.0. The van der Waals surface area contributed by atoms with Crippen molar-refractivity contribution in [2.45, 2.75) is 12.5 Å². The molecular formula is C14H14FN5. The maximum atomic E-state index is 13.8. The van der Waals surface area contributed by atoms with E-state index in [1.165, 1.54) is 10.6 Å². The molecule has 0 aromatic carbocycles. The van der Waals surface area contributed by atoms with Gasteiger partial charge in [0.2, 0.25) is 5.95 Å². The normalized spacial score (nSPS) is 19.4. The second kappa shape index (κ2) is 4.14. The summed E-state index contributed by atoms with van der Waals surface area (Å²) in [6.45, 7) is 0.927. The summed E-state index contributed by atoms with van der Waals surface area (Å²) in [5, 5.41) is 4.41. The van der Waals surface area contributed by atoms with Crippen molar-refractivity contribution in [1.82, 2.24) is 24.5 Å². The van der Waals surface area contributed by atoms with Gasteiger partial charge in [0, 0.05) is 18.7 Å². The lowest BCUT2D eigenvalue weighted by atomic mass is 10.0. The summed E-state index contributed by atoms with van der Waals surface area (Å²) in [6, 6.07) is 6.86. The number of hydrogen-bond donors (Lipinski definition) is 1. The van der Waals surface area contributed by atoms with Crippen LogP contribution in [0.15, 0.2) is 30.6 Å². The van der Waals surface area contributed by atoms with Crippen molar-refractivity contribution in [2.75, 3.05) is 13.6 Å². The maximum absolute atomic E-state index is 13.8. The number of fused-ring (bicyclic) bond motifs is 2. The summed E-state index contributed by atoms with van der Waals surface area (Å²) < 4.78 is 15.1. The molecular weight excluding hydrogens is 257 g/mol. The van der Waals surface area contributed by atoms with E-state index >= 15 is 0 Å². The number of hydrogen-bond acceptors (Lipinski definition) is 3. The van der Waals surface area contributed by atoms with E-state index in [1.807, 2.05) is 19.2 Å². The second-order valence-corrected chi connectivity index (χ2v) is 5.15. The number of pyridine rings is 1. The Kier molecular flexibility index (Phi) is 2.40. The van der Waals surface area contributed by atoms with E-state index in [0.29, 0.717) is 0 Å². The van der Waals surface area contributed by atoms with Gasteiger partial charge in [0.15, 0.2) is 0 Å². The van der Waals surface area contributed by atoms with Gasteiger partial charge in [-0.25, -0.2) is 9.50 Å². The smallest absolute Gasteiger partial charge is 0.214 e. The van der Waals surface area contributed by atoms with Gasteiger partial charge in [0.25, 0.3) is 0 Å². The summed E-state index contributed by atoms with van der Waals surface area (Å²) in [6.07, 6.45) is 2.66. The molecule has 5 nitrogen and oxygen atoms in total. The fourth-order valence-electron chi connectivity index (χ4n) is 2.89. The fraction of sp³-hybridized carbons (Fsp3) is 0.286. The average molecular weight is 271 g/mol. The van der Waals surface area contributed by atoms with Crippen LogP contribution >= 0.6 is 0 Å². The molecule has 20 heavy (non-hydrogen) atoms. The molecule has 0 radical (unpaired) electrons. The molecule has 0 amide bonds. The third-order valence-corrected chi connectivity index (χ3v) is 3.90. The highest BCUT2D eigenvalue weighted by Crippen LogP contribution is 2.31. The number of likely N-dealkylation sites (N-methyl/N-ethyl adjacent to an activating group) is 1. The zero-order valence-corrected chi connectivity index (χ0v) is 11.0. The van der Waals surface area contributed by atoms with Gasteiger partial charge in [-0.2, -0.15) is 9.49 Å². The van der Waals surface area contributed by atoms with Gasteiger partial charge in [-0.15, -0.1) is 0 Å². The summed E-state index contributed by atoms with van der Waals surface area (Å²) in [5.41, 5.74) is 3.72. The molecule has 6 heteroatoms. The first-order chi connectivity index (χ1) is 9.74. The van der Waals surface area contributed by atoms with Crippen molar-refractivity contribution >= 4 is 5.52 Å². The summed E-state index contributed by atoms with van der Waals surface area (Å²) in [4.78, 5) is 9.79. The Balaban J connectivity index is 1.89.